The molecule has 0 spiro atoms. The topological polar surface area (TPSA) is 96.9 Å². The smallest absolute Gasteiger partial charge is 0.238 e. The molecule has 1 rings (SSSR count). The van der Waals surface area contributed by atoms with Crippen molar-refractivity contribution in [1.82, 2.24) is 0 Å². The van der Waals surface area contributed by atoms with E-state index in [1.807, 2.05) is 0 Å². The van der Waals surface area contributed by atoms with Gasteiger partial charge in [-0.2, -0.15) is 0 Å². The molecule has 0 fully saturated rings. The summed E-state index contributed by atoms with van der Waals surface area (Å²) in [6.07, 6.45) is 0.409. The number of hydrogen-bond donors (Lipinski definition) is 3. The highest BCUT2D eigenvalue weighted by molar-refractivity contribution is 9.10. The highest BCUT2D eigenvalue weighted by Crippen LogP contribution is 2.29. The minimum Gasteiger partial charge on any atom is -0.496 e. The van der Waals surface area contributed by atoms with Crippen molar-refractivity contribution in [1.29, 1.82) is 0 Å². The van der Waals surface area contributed by atoms with E-state index in [-0.39, 0.29) is 11.7 Å². The first kappa shape index (κ1) is 16.3. The molecule has 20 heavy (non-hydrogen) atoms. The molecule has 1 amide bonds. The Morgan fingerprint density at radius 1 is 1.60 bits per heavy atom. The van der Waals surface area contributed by atoms with Gasteiger partial charge in [-0.15, -0.1) is 0 Å². The quantitative estimate of drug-likeness (QED) is 0.331. The second kappa shape index (κ2) is 6.60. The molecule has 0 aromatic heterocycles. The van der Waals surface area contributed by atoms with Crippen molar-refractivity contribution in [2.75, 3.05) is 12.4 Å². The zero-order valence-corrected chi connectivity index (χ0v) is 13.2. The first-order valence-electron chi connectivity index (χ1n) is 6.02. The molecule has 0 heterocycles. The van der Waals surface area contributed by atoms with Crippen molar-refractivity contribution in [2.45, 2.75) is 20.3 Å². The summed E-state index contributed by atoms with van der Waals surface area (Å²) in [6, 6.07) is 5.16. The fourth-order valence-electron chi connectivity index (χ4n) is 1.58. The van der Waals surface area contributed by atoms with E-state index in [0.717, 1.165) is 4.47 Å². The van der Waals surface area contributed by atoms with Crippen LogP contribution in [0.4, 0.5) is 5.69 Å². The Hall–Kier alpha value is -1.76. The van der Waals surface area contributed by atoms with Gasteiger partial charge in [-0.3, -0.25) is 4.79 Å². The average Bonchev–Trinajstić information content (AvgIpc) is 2.45. The van der Waals surface area contributed by atoms with E-state index in [2.05, 4.69) is 26.4 Å². The van der Waals surface area contributed by atoms with E-state index >= 15 is 0 Å². The molecule has 1 aromatic rings. The molecule has 0 aliphatic heterocycles. The molecule has 7 heteroatoms. The van der Waals surface area contributed by atoms with E-state index in [0.29, 0.717) is 17.9 Å². The molecule has 0 saturated carbocycles. The molecule has 110 valence electrons. The third kappa shape index (κ3) is 3.22. The number of oxime groups is 1. The van der Waals surface area contributed by atoms with Crippen LogP contribution in [-0.2, 0) is 4.79 Å². The maximum absolute atomic E-state index is 12.3. The van der Waals surface area contributed by atoms with Crippen molar-refractivity contribution >= 4 is 33.4 Å². The van der Waals surface area contributed by atoms with Crippen LogP contribution in [0.5, 0.6) is 5.75 Å². The molecule has 1 aromatic carbocycles. The van der Waals surface area contributed by atoms with Gasteiger partial charge in [0.25, 0.3) is 0 Å². The molecule has 0 aliphatic carbocycles. The molecular formula is C13H18BrN3O3. The summed E-state index contributed by atoms with van der Waals surface area (Å²) in [5.74, 6) is 0.204. The predicted octanol–water partition coefficient (Wildman–Crippen LogP) is 2.56. The lowest BCUT2D eigenvalue weighted by molar-refractivity contribution is -0.121. The SMILES string of the molecule is CCC(C)(C(=O)Nc1ccc(OC)c(Br)c1)/C(N)=N/O. The highest BCUT2D eigenvalue weighted by atomic mass is 79.9. The number of halogens is 1. The fraction of sp³-hybridized carbons (Fsp3) is 0.385. The molecule has 0 aliphatic rings. The normalized spacial score (nSPS) is 14.5. The molecule has 1 atom stereocenters. The number of methoxy groups -OCH3 is 1. The number of ether oxygens (including phenoxy) is 1. The third-order valence-electron chi connectivity index (χ3n) is 3.29. The van der Waals surface area contributed by atoms with Gasteiger partial charge in [0.05, 0.1) is 11.6 Å². The Labute approximate surface area is 126 Å². The van der Waals surface area contributed by atoms with Crippen LogP contribution in [0.25, 0.3) is 0 Å². The maximum Gasteiger partial charge on any atom is 0.238 e. The van der Waals surface area contributed by atoms with E-state index < -0.39 is 5.41 Å². The van der Waals surface area contributed by atoms with Crippen LogP contribution < -0.4 is 15.8 Å². The van der Waals surface area contributed by atoms with Crippen molar-refractivity contribution in [3.8, 4) is 5.75 Å². The fourth-order valence-corrected chi connectivity index (χ4v) is 2.12. The van der Waals surface area contributed by atoms with Crippen molar-refractivity contribution < 1.29 is 14.7 Å². The maximum atomic E-state index is 12.3. The van der Waals surface area contributed by atoms with Gasteiger partial charge in [0.1, 0.15) is 11.2 Å². The summed E-state index contributed by atoms with van der Waals surface area (Å²) in [4.78, 5) is 12.3. The van der Waals surface area contributed by atoms with Crippen LogP contribution in [0.2, 0.25) is 0 Å². The summed E-state index contributed by atoms with van der Waals surface area (Å²) < 4.78 is 5.84. The van der Waals surface area contributed by atoms with Crippen LogP contribution in [0, 0.1) is 5.41 Å². The highest BCUT2D eigenvalue weighted by Gasteiger charge is 2.36. The Bertz CT molecular complexity index is 534. The van der Waals surface area contributed by atoms with Crippen LogP contribution in [-0.4, -0.2) is 24.1 Å². The number of carbonyl (C=O) groups excluding carboxylic acids is 1. The van der Waals surface area contributed by atoms with Gasteiger partial charge in [-0.1, -0.05) is 12.1 Å². The zero-order chi connectivity index (χ0) is 15.3. The van der Waals surface area contributed by atoms with E-state index in [4.69, 9.17) is 15.7 Å². The van der Waals surface area contributed by atoms with E-state index in [1.54, 1.807) is 39.2 Å². The number of amides is 1. The Balaban J connectivity index is 2.98. The third-order valence-corrected chi connectivity index (χ3v) is 3.91. The molecule has 0 bridgehead atoms. The van der Waals surface area contributed by atoms with Crippen molar-refractivity contribution in [2.24, 2.45) is 16.3 Å². The van der Waals surface area contributed by atoms with Crippen LogP contribution in [0.3, 0.4) is 0 Å². The molecular weight excluding hydrogens is 326 g/mol. The monoisotopic (exact) mass is 343 g/mol. The number of benzene rings is 1. The lowest BCUT2D eigenvalue weighted by atomic mass is 9.85. The van der Waals surface area contributed by atoms with Gasteiger partial charge < -0.3 is 21.0 Å². The van der Waals surface area contributed by atoms with Crippen LogP contribution in [0.1, 0.15) is 20.3 Å². The largest absolute Gasteiger partial charge is 0.496 e. The molecule has 4 N–H and O–H groups in total. The Kier molecular flexibility index (Phi) is 5.38. The number of anilines is 1. The first-order chi connectivity index (χ1) is 9.38. The zero-order valence-electron chi connectivity index (χ0n) is 11.6. The number of nitrogens with one attached hydrogen (secondary N) is 1. The van der Waals surface area contributed by atoms with Gasteiger partial charge in [-0.05, 0) is 47.5 Å². The minimum atomic E-state index is -1.07. The van der Waals surface area contributed by atoms with E-state index in [1.165, 1.54) is 0 Å². The van der Waals surface area contributed by atoms with E-state index in [9.17, 15) is 4.79 Å². The van der Waals surface area contributed by atoms with Crippen molar-refractivity contribution in [3.63, 3.8) is 0 Å². The number of carbonyl (C=O) groups is 1. The number of rotatable bonds is 5. The van der Waals surface area contributed by atoms with Gasteiger partial charge in [-0.25, -0.2) is 0 Å². The van der Waals surface area contributed by atoms with Crippen molar-refractivity contribution in [3.05, 3.63) is 22.7 Å². The number of amidine groups is 1. The summed E-state index contributed by atoms with van der Waals surface area (Å²) in [6.45, 7) is 3.41. The lowest BCUT2D eigenvalue weighted by Crippen LogP contribution is -2.44. The van der Waals surface area contributed by atoms with Gasteiger partial charge in [0.2, 0.25) is 5.91 Å². The number of hydrogen-bond acceptors (Lipinski definition) is 4. The van der Waals surface area contributed by atoms with Gasteiger partial charge >= 0.3 is 0 Å². The standard InChI is InChI=1S/C13H18BrN3O3/c1-4-13(2,11(15)17-19)12(18)16-8-5-6-10(20-3)9(14)7-8/h5-7,19H,4H2,1-3H3,(H2,15,17)(H,16,18). The summed E-state index contributed by atoms with van der Waals surface area (Å²) in [5.41, 5.74) is 5.12. The second-order valence-electron chi connectivity index (χ2n) is 4.47. The Morgan fingerprint density at radius 3 is 2.70 bits per heavy atom. The Morgan fingerprint density at radius 2 is 2.25 bits per heavy atom. The number of nitrogens with zero attached hydrogens (tertiary/aromatic N) is 1. The summed E-state index contributed by atoms with van der Waals surface area (Å²) >= 11 is 3.34. The molecule has 0 saturated heterocycles. The summed E-state index contributed by atoms with van der Waals surface area (Å²) in [5, 5.41) is 14.5. The molecule has 6 nitrogen and oxygen atoms in total. The van der Waals surface area contributed by atoms with Gasteiger partial charge in [0, 0.05) is 5.69 Å². The summed E-state index contributed by atoms with van der Waals surface area (Å²) in [7, 11) is 1.56. The second-order valence-corrected chi connectivity index (χ2v) is 5.33. The van der Waals surface area contributed by atoms with Gasteiger partial charge in [0.15, 0.2) is 5.84 Å². The van der Waals surface area contributed by atoms with Crippen LogP contribution >= 0.6 is 15.9 Å². The molecule has 1 unspecified atom stereocenters. The predicted molar refractivity (Wildman–Crippen MR) is 81.1 cm³/mol. The number of nitrogens with two attached hydrogens (primary N) is 1. The minimum absolute atomic E-state index is 0.120. The first-order valence-corrected chi connectivity index (χ1v) is 6.81. The average molecular weight is 344 g/mol. The molecule has 0 radical (unpaired) electrons. The lowest BCUT2D eigenvalue weighted by Gasteiger charge is -2.25. The van der Waals surface area contributed by atoms with Crippen LogP contribution in [0.15, 0.2) is 27.8 Å².